The lowest BCUT2D eigenvalue weighted by Crippen LogP contribution is -2.26. The maximum absolute atomic E-state index is 14.1. The predicted molar refractivity (Wildman–Crippen MR) is 124 cm³/mol. The van der Waals surface area contributed by atoms with E-state index >= 15 is 0 Å². The Kier molecular flexibility index (Phi) is 4.76. The molecule has 0 amide bonds. The first-order chi connectivity index (χ1) is 16.2. The van der Waals surface area contributed by atoms with E-state index in [9.17, 15) is 4.39 Å². The number of pyridine rings is 2. The number of ether oxygens (including phenoxy) is 1. The van der Waals surface area contributed by atoms with Crippen molar-refractivity contribution in [1.82, 2.24) is 35.5 Å². The standard InChI is InChI=1S/C24H22FN7O/c1-33-17-9-14(8-16(25)11-17)20-22-19(4-7-27-20)29-24(30-22)21-18-10-15(12-28-23(18)32-31-21)13-2-5-26-6-3-13/h4,7-13,26H,2-3,5-6H2,1H3,(H,29,30)(H,28,31,32). The summed E-state index contributed by atoms with van der Waals surface area (Å²) in [4.78, 5) is 17.2. The van der Waals surface area contributed by atoms with Crippen LogP contribution in [-0.4, -0.2) is 50.3 Å². The second kappa shape index (κ2) is 7.93. The summed E-state index contributed by atoms with van der Waals surface area (Å²) < 4.78 is 19.4. The Hall–Kier alpha value is -3.85. The van der Waals surface area contributed by atoms with Gasteiger partial charge in [0, 0.05) is 24.0 Å². The minimum absolute atomic E-state index is 0.394. The van der Waals surface area contributed by atoms with Crippen molar-refractivity contribution >= 4 is 22.1 Å². The largest absolute Gasteiger partial charge is 0.497 e. The van der Waals surface area contributed by atoms with Crippen LogP contribution in [-0.2, 0) is 0 Å². The Balaban J connectivity index is 1.46. The quantitative estimate of drug-likeness (QED) is 0.385. The number of nitrogens with zero attached hydrogens (tertiary/aromatic N) is 4. The summed E-state index contributed by atoms with van der Waals surface area (Å²) in [5.41, 5.74) is 5.25. The smallest absolute Gasteiger partial charge is 0.181 e. The topological polar surface area (TPSA) is 104 Å². The minimum atomic E-state index is -0.394. The molecule has 33 heavy (non-hydrogen) atoms. The molecule has 166 valence electrons. The summed E-state index contributed by atoms with van der Waals surface area (Å²) in [5, 5.41) is 11.8. The third-order valence-electron chi connectivity index (χ3n) is 6.26. The van der Waals surface area contributed by atoms with Crippen LogP contribution in [0.1, 0.15) is 24.3 Å². The van der Waals surface area contributed by atoms with E-state index in [1.54, 1.807) is 12.3 Å². The second-order valence-electron chi connectivity index (χ2n) is 8.28. The van der Waals surface area contributed by atoms with Crippen molar-refractivity contribution in [3.8, 4) is 28.5 Å². The van der Waals surface area contributed by atoms with Crippen LogP contribution >= 0.6 is 0 Å². The molecule has 0 saturated carbocycles. The van der Waals surface area contributed by atoms with E-state index in [-0.39, 0.29) is 0 Å². The lowest BCUT2D eigenvalue weighted by atomic mass is 9.91. The Morgan fingerprint density at radius 1 is 1.09 bits per heavy atom. The number of fused-ring (bicyclic) bond motifs is 2. The van der Waals surface area contributed by atoms with Gasteiger partial charge < -0.3 is 15.0 Å². The highest BCUT2D eigenvalue weighted by atomic mass is 19.1. The van der Waals surface area contributed by atoms with Crippen molar-refractivity contribution < 1.29 is 9.13 Å². The number of hydrogen-bond donors (Lipinski definition) is 3. The van der Waals surface area contributed by atoms with Crippen LogP contribution in [0.4, 0.5) is 4.39 Å². The molecule has 1 aliphatic heterocycles. The Morgan fingerprint density at radius 2 is 1.97 bits per heavy atom. The molecule has 5 heterocycles. The van der Waals surface area contributed by atoms with E-state index in [2.05, 4.69) is 36.5 Å². The van der Waals surface area contributed by atoms with Gasteiger partial charge in [0.15, 0.2) is 11.5 Å². The number of aromatic nitrogens is 6. The van der Waals surface area contributed by atoms with E-state index in [4.69, 9.17) is 9.72 Å². The molecule has 0 radical (unpaired) electrons. The van der Waals surface area contributed by atoms with Gasteiger partial charge in [-0.25, -0.2) is 14.4 Å². The number of nitrogens with one attached hydrogen (secondary N) is 3. The predicted octanol–water partition coefficient (Wildman–Crippen LogP) is 4.18. The van der Waals surface area contributed by atoms with Gasteiger partial charge in [0.2, 0.25) is 0 Å². The molecular weight excluding hydrogens is 421 g/mol. The Bertz CT molecular complexity index is 1470. The number of aromatic amines is 2. The average Bonchev–Trinajstić information content (AvgIpc) is 3.47. The average molecular weight is 443 g/mol. The monoisotopic (exact) mass is 443 g/mol. The van der Waals surface area contributed by atoms with Gasteiger partial charge in [-0.15, -0.1) is 0 Å². The number of methoxy groups -OCH3 is 1. The van der Waals surface area contributed by atoms with Crippen LogP contribution in [0, 0.1) is 5.82 Å². The molecule has 3 N–H and O–H groups in total. The highest BCUT2D eigenvalue weighted by molar-refractivity contribution is 5.95. The maximum atomic E-state index is 14.1. The van der Waals surface area contributed by atoms with Crippen LogP contribution in [0.3, 0.4) is 0 Å². The van der Waals surface area contributed by atoms with Crippen molar-refractivity contribution in [2.45, 2.75) is 18.8 Å². The number of H-pyrrole nitrogens is 2. The Morgan fingerprint density at radius 3 is 2.82 bits per heavy atom. The van der Waals surface area contributed by atoms with Crippen LogP contribution < -0.4 is 10.1 Å². The molecule has 0 atom stereocenters. The summed E-state index contributed by atoms with van der Waals surface area (Å²) in [6.07, 6.45) is 5.80. The molecule has 4 aromatic heterocycles. The lowest BCUT2D eigenvalue weighted by Gasteiger charge is -2.22. The zero-order valence-corrected chi connectivity index (χ0v) is 18.0. The molecule has 6 rings (SSSR count). The molecule has 1 fully saturated rings. The first-order valence-electron chi connectivity index (χ1n) is 10.9. The molecule has 1 saturated heterocycles. The van der Waals surface area contributed by atoms with Crippen LogP contribution in [0.25, 0.3) is 44.8 Å². The summed E-state index contributed by atoms with van der Waals surface area (Å²) in [5.74, 6) is 1.15. The molecule has 0 spiro atoms. The number of rotatable bonds is 4. The third kappa shape index (κ3) is 3.50. The fraction of sp³-hybridized carbons (Fsp3) is 0.250. The highest BCUT2D eigenvalue weighted by Gasteiger charge is 2.20. The van der Waals surface area contributed by atoms with E-state index in [1.807, 2.05) is 12.3 Å². The third-order valence-corrected chi connectivity index (χ3v) is 6.26. The van der Waals surface area contributed by atoms with Crippen molar-refractivity contribution in [3.63, 3.8) is 0 Å². The van der Waals surface area contributed by atoms with Crippen molar-refractivity contribution in [2.24, 2.45) is 0 Å². The molecule has 0 bridgehead atoms. The van der Waals surface area contributed by atoms with Crippen LogP contribution in [0.5, 0.6) is 5.75 Å². The lowest BCUT2D eigenvalue weighted by molar-refractivity contribution is 0.411. The maximum Gasteiger partial charge on any atom is 0.181 e. The number of piperidine rings is 1. The van der Waals surface area contributed by atoms with Gasteiger partial charge in [-0.2, -0.15) is 5.10 Å². The molecule has 1 aromatic carbocycles. The zero-order valence-electron chi connectivity index (χ0n) is 18.0. The second-order valence-corrected chi connectivity index (χ2v) is 8.28. The molecule has 8 nitrogen and oxygen atoms in total. The molecule has 0 unspecified atom stereocenters. The molecule has 0 aliphatic carbocycles. The van der Waals surface area contributed by atoms with Crippen molar-refractivity contribution in [3.05, 3.63) is 54.1 Å². The highest BCUT2D eigenvalue weighted by Crippen LogP contribution is 2.33. The van der Waals surface area contributed by atoms with Gasteiger partial charge in [0.25, 0.3) is 0 Å². The Labute approximate surface area is 188 Å². The van der Waals surface area contributed by atoms with Crippen LogP contribution in [0.2, 0.25) is 0 Å². The van der Waals surface area contributed by atoms with Gasteiger partial charge in [-0.1, -0.05) is 0 Å². The summed E-state index contributed by atoms with van der Waals surface area (Å²) in [7, 11) is 1.51. The van der Waals surface area contributed by atoms with Gasteiger partial charge >= 0.3 is 0 Å². The molecule has 5 aromatic rings. The zero-order chi connectivity index (χ0) is 22.4. The first-order valence-corrected chi connectivity index (χ1v) is 10.9. The number of hydrogen-bond acceptors (Lipinski definition) is 6. The SMILES string of the molecule is COc1cc(F)cc(-c2nccc3[nH]c(-c4[nH]nc5ncc(C6CCNCC6)cc45)nc23)c1. The molecule has 9 heteroatoms. The van der Waals surface area contributed by atoms with Gasteiger partial charge in [-0.3, -0.25) is 10.1 Å². The van der Waals surface area contributed by atoms with Crippen LogP contribution in [0.15, 0.2) is 42.7 Å². The fourth-order valence-corrected chi connectivity index (χ4v) is 4.56. The summed E-state index contributed by atoms with van der Waals surface area (Å²) in [6.45, 7) is 2.04. The minimum Gasteiger partial charge on any atom is -0.497 e. The van der Waals surface area contributed by atoms with E-state index in [0.717, 1.165) is 42.5 Å². The number of benzene rings is 1. The van der Waals surface area contributed by atoms with E-state index in [1.165, 1.54) is 24.8 Å². The fourth-order valence-electron chi connectivity index (χ4n) is 4.56. The van der Waals surface area contributed by atoms with Gasteiger partial charge in [0.1, 0.15) is 22.8 Å². The van der Waals surface area contributed by atoms with Gasteiger partial charge in [0.05, 0.1) is 23.7 Å². The number of halogens is 1. The first kappa shape index (κ1) is 19.8. The van der Waals surface area contributed by atoms with E-state index < -0.39 is 5.82 Å². The molecule has 1 aliphatic rings. The van der Waals surface area contributed by atoms with Crippen molar-refractivity contribution in [1.29, 1.82) is 0 Å². The van der Waals surface area contributed by atoms with Gasteiger partial charge in [-0.05, 0) is 61.7 Å². The summed E-state index contributed by atoms with van der Waals surface area (Å²) >= 11 is 0. The molecular formula is C24H22FN7O. The van der Waals surface area contributed by atoms with Crippen molar-refractivity contribution in [2.75, 3.05) is 20.2 Å². The number of imidazole rings is 1. The van der Waals surface area contributed by atoms with E-state index in [0.29, 0.717) is 39.9 Å². The summed E-state index contributed by atoms with van der Waals surface area (Å²) in [6, 6.07) is 8.53. The normalized spacial score (nSPS) is 14.8.